The van der Waals surface area contributed by atoms with Crippen LogP contribution in [0, 0.1) is 5.82 Å². The van der Waals surface area contributed by atoms with Crippen molar-refractivity contribution in [2.75, 3.05) is 11.9 Å². The molecule has 0 aliphatic heterocycles. The number of rotatable bonds is 3. The summed E-state index contributed by atoms with van der Waals surface area (Å²) in [4.78, 5) is 2.13. The lowest BCUT2D eigenvalue weighted by Crippen LogP contribution is -2.16. The zero-order valence-corrected chi connectivity index (χ0v) is 11.4. The van der Waals surface area contributed by atoms with Gasteiger partial charge < -0.3 is 4.90 Å². The first-order chi connectivity index (χ1) is 9.74. The maximum Gasteiger partial charge on any atom is 0.123 e. The second-order valence-corrected chi connectivity index (χ2v) is 4.97. The van der Waals surface area contributed by atoms with Crippen molar-refractivity contribution in [2.45, 2.75) is 6.54 Å². The van der Waals surface area contributed by atoms with Gasteiger partial charge in [-0.25, -0.2) is 4.39 Å². The van der Waals surface area contributed by atoms with E-state index in [-0.39, 0.29) is 5.82 Å². The molecule has 0 amide bonds. The molecule has 0 heterocycles. The molecular formula is C18H16FN. The first-order valence-corrected chi connectivity index (χ1v) is 6.67. The Morgan fingerprint density at radius 3 is 2.35 bits per heavy atom. The number of nitrogens with zero attached hydrogens (tertiary/aromatic N) is 1. The number of anilines is 1. The fourth-order valence-corrected chi connectivity index (χ4v) is 2.47. The first-order valence-electron chi connectivity index (χ1n) is 6.67. The van der Waals surface area contributed by atoms with Gasteiger partial charge in [-0.15, -0.1) is 0 Å². The first kappa shape index (κ1) is 12.7. The van der Waals surface area contributed by atoms with Crippen molar-refractivity contribution in [3.8, 4) is 0 Å². The quantitative estimate of drug-likeness (QED) is 0.668. The van der Waals surface area contributed by atoms with E-state index >= 15 is 0 Å². The third kappa shape index (κ3) is 2.50. The molecular weight excluding hydrogens is 249 g/mol. The highest BCUT2D eigenvalue weighted by atomic mass is 19.1. The van der Waals surface area contributed by atoms with Crippen molar-refractivity contribution in [1.82, 2.24) is 0 Å². The van der Waals surface area contributed by atoms with E-state index in [1.807, 2.05) is 7.05 Å². The van der Waals surface area contributed by atoms with Crippen LogP contribution in [0.1, 0.15) is 5.56 Å². The molecule has 100 valence electrons. The molecule has 0 atom stereocenters. The number of hydrogen-bond acceptors (Lipinski definition) is 1. The van der Waals surface area contributed by atoms with Crippen LogP contribution in [0.25, 0.3) is 10.8 Å². The van der Waals surface area contributed by atoms with Gasteiger partial charge in [0.2, 0.25) is 0 Å². The van der Waals surface area contributed by atoms with Crippen LogP contribution in [0.15, 0.2) is 66.7 Å². The van der Waals surface area contributed by atoms with Gasteiger partial charge in [0.15, 0.2) is 0 Å². The Hall–Kier alpha value is -2.35. The largest absolute Gasteiger partial charge is 0.370 e. The Kier molecular flexibility index (Phi) is 3.38. The average molecular weight is 265 g/mol. The van der Waals surface area contributed by atoms with Gasteiger partial charge in [0.1, 0.15) is 5.82 Å². The molecule has 0 fully saturated rings. The summed E-state index contributed by atoms with van der Waals surface area (Å²) < 4.78 is 13.0. The fraction of sp³-hybridized carbons (Fsp3) is 0.111. The van der Waals surface area contributed by atoms with Gasteiger partial charge in [0.25, 0.3) is 0 Å². The van der Waals surface area contributed by atoms with Crippen molar-refractivity contribution in [3.63, 3.8) is 0 Å². The van der Waals surface area contributed by atoms with Gasteiger partial charge in [-0.1, -0.05) is 42.5 Å². The van der Waals surface area contributed by atoms with Crippen LogP contribution in [0.5, 0.6) is 0 Å². The lowest BCUT2D eigenvalue weighted by atomic mass is 10.0. The van der Waals surface area contributed by atoms with Gasteiger partial charge in [-0.05, 0) is 40.6 Å². The molecule has 0 radical (unpaired) electrons. The van der Waals surface area contributed by atoms with Crippen LogP contribution in [0.3, 0.4) is 0 Å². The van der Waals surface area contributed by atoms with Crippen LogP contribution in [-0.2, 0) is 6.54 Å². The molecule has 20 heavy (non-hydrogen) atoms. The summed E-state index contributed by atoms with van der Waals surface area (Å²) in [5, 5.41) is 2.52. The molecule has 0 aromatic heterocycles. The zero-order valence-electron chi connectivity index (χ0n) is 11.4. The lowest BCUT2D eigenvalue weighted by molar-refractivity contribution is 0.627. The predicted molar refractivity (Wildman–Crippen MR) is 82.5 cm³/mol. The summed E-state index contributed by atoms with van der Waals surface area (Å²) in [6.45, 7) is 0.799. The average Bonchev–Trinajstić information content (AvgIpc) is 2.48. The summed E-state index contributed by atoms with van der Waals surface area (Å²) in [5.74, 6) is -0.202. The summed E-state index contributed by atoms with van der Waals surface area (Å²) >= 11 is 0. The Morgan fingerprint density at radius 2 is 1.55 bits per heavy atom. The number of hydrogen-bond donors (Lipinski definition) is 0. The minimum absolute atomic E-state index is 0.202. The third-order valence-electron chi connectivity index (χ3n) is 3.55. The second-order valence-electron chi connectivity index (χ2n) is 4.97. The van der Waals surface area contributed by atoms with Gasteiger partial charge >= 0.3 is 0 Å². The normalized spacial score (nSPS) is 10.7. The van der Waals surface area contributed by atoms with E-state index < -0.39 is 0 Å². The third-order valence-corrected chi connectivity index (χ3v) is 3.55. The van der Waals surface area contributed by atoms with Crippen molar-refractivity contribution in [2.24, 2.45) is 0 Å². The Morgan fingerprint density at radius 1 is 0.850 bits per heavy atom. The maximum atomic E-state index is 13.0. The monoisotopic (exact) mass is 265 g/mol. The summed E-state index contributed by atoms with van der Waals surface area (Å²) in [6, 6.07) is 21.3. The molecule has 0 unspecified atom stereocenters. The fourth-order valence-electron chi connectivity index (χ4n) is 2.47. The highest BCUT2D eigenvalue weighted by molar-refractivity contribution is 5.85. The second kappa shape index (κ2) is 5.33. The smallest absolute Gasteiger partial charge is 0.123 e. The molecule has 0 aliphatic rings. The molecule has 3 rings (SSSR count). The number of fused-ring (bicyclic) bond motifs is 1. The molecule has 0 saturated heterocycles. The maximum absolute atomic E-state index is 13.0. The van der Waals surface area contributed by atoms with E-state index in [4.69, 9.17) is 0 Å². The minimum Gasteiger partial charge on any atom is -0.370 e. The molecule has 1 nitrogen and oxygen atoms in total. The minimum atomic E-state index is -0.202. The summed E-state index contributed by atoms with van der Waals surface area (Å²) in [7, 11) is 2.02. The van der Waals surface area contributed by atoms with Gasteiger partial charge in [-0.2, -0.15) is 0 Å². The van der Waals surface area contributed by atoms with Crippen molar-refractivity contribution < 1.29 is 4.39 Å². The molecule has 0 spiro atoms. The van der Waals surface area contributed by atoms with E-state index in [2.05, 4.69) is 47.4 Å². The van der Waals surface area contributed by atoms with Gasteiger partial charge in [0, 0.05) is 19.3 Å². The van der Waals surface area contributed by atoms with Gasteiger partial charge in [0.05, 0.1) is 0 Å². The zero-order chi connectivity index (χ0) is 13.9. The van der Waals surface area contributed by atoms with Gasteiger partial charge in [-0.3, -0.25) is 0 Å². The van der Waals surface area contributed by atoms with Crippen molar-refractivity contribution in [1.29, 1.82) is 0 Å². The van der Waals surface area contributed by atoms with Crippen molar-refractivity contribution >= 4 is 16.5 Å². The van der Waals surface area contributed by atoms with E-state index in [0.29, 0.717) is 0 Å². The van der Waals surface area contributed by atoms with Crippen LogP contribution in [-0.4, -0.2) is 7.05 Å². The number of benzene rings is 3. The Labute approximate surface area is 118 Å². The van der Waals surface area contributed by atoms with Crippen LogP contribution >= 0.6 is 0 Å². The summed E-state index contributed by atoms with van der Waals surface area (Å²) in [5.41, 5.74) is 2.29. The highest BCUT2D eigenvalue weighted by Gasteiger charge is 2.05. The molecule has 3 aromatic rings. The summed E-state index contributed by atoms with van der Waals surface area (Å²) in [6.07, 6.45) is 0. The van der Waals surface area contributed by atoms with Crippen LogP contribution in [0.2, 0.25) is 0 Å². The Bertz CT molecular complexity index is 714. The van der Waals surface area contributed by atoms with Crippen LogP contribution < -0.4 is 4.90 Å². The molecule has 0 bridgehead atoms. The highest BCUT2D eigenvalue weighted by Crippen LogP contribution is 2.22. The molecule has 3 aromatic carbocycles. The van der Waals surface area contributed by atoms with Crippen molar-refractivity contribution in [3.05, 3.63) is 78.1 Å². The molecule has 2 heteroatoms. The van der Waals surface area contributed by atoms with E-state index in [9.17, 15) is 4.39 Å². The predicted octanol–water partition coefficient (Wildman–Crippen LogP) is 4.62. The van der Waals surface area contributed by atoms with E-state index in [1.165, 1.54) is 28.5 Å². The SMILES string of the molecule is CN(Cc1cccc2ccccc12)c1ccc(F)cc1. The standard InChI is InChI=1S/C18H16FN/c1-20(17-11-9-16(19)10-12-17)13-15-7-4-6-14-5-2-3-8-18(14)15/h2-12H,13H2,1H3. The van der Waals surface area contributed by atoms with Crippen LogP contribution in [0.4, 0.5) is 10.1 Å². The Balaban J connectivity index is 1.91. The lowest BCUT2D eigenvalue weighted by Gasteiger charge is -2.20. The molecule has 0 saturated carbocycles. The van der Waals surface area contributed by atoms with E-state index in [0.717, 1.165) is 12.2 Å². The molecule has 0 aliphatic carbocycles. The van der Waals surface area contributed by atoms with E-state index in [1.54, 1.807) is 12.1 Å². The topological polar surface area (TPSA) is 3.24 Å². The molecule has 0 N–H and O–H groups in total. The number of halogens is 1.